The SMILES string of the molecule is Cc1ccccc1OCC1=NN2C(=N)/C(=C/c3ccc(-c4ccccc4)o3)C(=O)N=C2S1. The molecule has 5 rings (SSSR count). The van der Waals surface area contributed by atoms with E-state index in [9.17, 15) is 4.79 Å². The van der Waals surface area contributed by atoms with E-state index in [2.05, 4.69) is 10.1 Å². The van der Waals surface area contributed by atoms with Crippen molar-refractivity contribution in [3.8, 4) is 17.1 Å². The number of carbonyl (C=O) groups is 1. The molecule has 0 aliphatic carbocycles. The molecule has 0 radical (unpaired) electrons. The van der Waals surface area contributed by atoms with Crippen molar-refractivity contribution in [3.63, 3.8) is 0 Å². The molecule has 7 nitrogen and oxygen atoms in total. The second kappa shape index (κ2) is 8.32. The van der Waals surface area contributed by atoms with E-state index in [-0.39, 0.29) is 18.0 Å². The lowest BCUT2D eigenvalue weighted by atomic mass is 10.1. The molecule has 0 saturated carbocycles. The quantitative estimate of drug-likeness (QED) is 0.565. The average Bonchev–Trinajstić information content (AvgIpc) is 3.44. The molecule has 2 aromatic carbocycles. The van der Waals surface area contributed by atoms with Gasteiger partial charge >= 0.3 is 0 Å². The molecule has 0 saturated heterocycles. The summed E-state index contributed by atoms with van der Waals surface area (Å²) in [6.45, 7) is 2.19. The highest BCUT2D eigenvalue weighted by atomic mass is 32.2. The van der Waals surface area contributed by atoms with Crippen LogP contribution in [0.5, 0.6) is 5.75 Å². The van der Waals surface area contributed by atoms with Crippen LogP contribution in [0.25, 0.3) is 17.4 Å². The number of hydrogen-bond donors (Lipinski definition) is 1. The lowest BCUT2D eigenvalue weighted by molar-refractivity contribution is -0.114. The Hall–Kier alpha value is -3.91. The fourth-order valence-electron chi connectivity index (χ4n) is 3.28. The van der Waals surface area contributed by atoms with Gasteiger partial charge in [-0.3, -0.25) is 10.2 Å². The average molecular weight is 443 g/mol. The Balaban J connectivity index is 1.34. The number of carbonyl (C=O) groups excluding carboxylic acids is 1. The van der Waals surface area contributed by atoms with E-state index in [1.54, 1.807) is 6.07 Å². The third-order valence-electron chi connectivity index (χ3n) is 4.91. The molecule has 158 valence electrons. The minimum Gasteiger partial charge on any atom is -0.486 e. The first kappa shape index (κ1) is 20.0. The lowest BCUT2D eigenvalue weighted by Gasteiger charge is -2.19. The fraction of sp³-hybridized carbons (Fsp3) is 0.0833. The van der Waals surface area contributed by atoms with E-state index < -0.39 is 5.91 Å². The van der Waals surface area contributed by atoms with Gasteiger partial charge in [-0.2, -0.15) is 15.1 Å². The van der Waals surface area contributed by atoms with Gasteiger partial charge < -0.3 is 9.15 Å². The summed E-state index contributed by atoms with van der Waals surface area (Å²) in [5, 5.41) is 15.3. The van der Waals surface area contributed by atoms with Crippen molar-refractivity contribution in [3.05, 3.63) is 83.6 Å². The predicted molar refractivity (Wildman–Crippen MR) is 126 cm³/mol. The van der Waals surface area contributed by atoms with E-state index >= 15 is 0 Å². The summed E-state index contributed by atoms with van der Waals surface area (Å²) in [6, 6.07) is 21.0. The zero-order chi connectivity index (χ0) is 22.1. The molecule has 32 heavy (non-hydrogen) atoms. The Labute approximate surface area is 188 Å². The van der Waals surface area contributed by atoms with Crippen LogP contribution in [0.1, 0.15) is 11.3 Å². The Morgan fingerprint density at radius 3 is 2.69 bits per heavy atom. The summed E-state index contributed by atoms with van der Waals surface area (Å²) in [6.07, 6.45) is 1.53. The number of hydrogen-bond acceptors (Lipinski definition) is 6. The minimum atomic E-state index is -0.498. The van der Waals surface area contributed by atoms with Crippen LogP contribution < -0.4 is 4.74 Å². The summed E-state index contributed by atoms with van der Waals surface area (Å²) in [7, 11) is 0. The molecule has 0 bridgehead atoms. The monoisotopic (exact) mass is 442 g/mol. The molecule has 1 amide bonds. The zero-order valence-electron chi connectivity index (χ0n) is 17.1. The molecule has 0 unspecified atom stereocenters. The van der Waals surface area contributed by atoms with Crippen LogP contribution in [0, 0.1) is 12.3 Å². The second-order valence-corrected chi connectivity index (χ2v) is 8.18. The van der Waals surface area contributed by atoms with Gasteiger partial charge in [-0.25, -0.2) is 0 Å². The van der Waals surface area contributed by atoms with Crippen LogP contribution in [0.2, 0.25) is 0 Å². The number of aryl methyl sites for hydroxylation is 1. The number of para-hydroxylation sites is 1. The highest BCUT2D eigenvalue weighted by molar-refractivity contribution is 8.27. The maximum atomic E-state index is 12.6. The highest BCUT2D eigenvalue weighted by Gasteiger charge is 2.36. The van der Waals surface area contributed by atoms with Crippen LogP contribution in [0.3, 0.4) is 0 Å². The first-order valence-corrected chi connectivity index (χ1v) is 10.7. The molecule has 3 aromatic rings. The predicted octanol–water partition coefficient (Wildman–Crippen LogP) is 4.95. The number of rotatable bonds is 5. The molecule has 2 aliphatic heterocycles. The number of furan rings is 1. The maximum Gasteiger partial charge on any atom is 0.283 e. The number of benzene rings is 2. The number of aliphatic imine (C=N–C) groups is 1. The normalized spacial score (nSPS) is 16.8. The van der Waals surface area contributed by atoms with Gasteiger partial charge in [0.15, 0.2) is 5.84 Å². The van der Waals surface area contributed by atoms with Crippen molar-refractivity contribution >= 4 is 39.8 Å². The zero-order valence-corrected chi connectivity index (χ0v) is 17.9. The van der Waals surface area contributed by atoms with E-state index in [1.165, 1.54) is 22.8 Å². The number of nitrogens with zero attached hydrogens (tertiary/aromatic N) is 3. The molecule has 2 aliphatic rings. The number of fused-ring (bicyclic) bond motifs is 1. The molecule has 0 atom stereocenters. The van der Waals surface area contributed by atoms with Crippen LogP contribution in [-0.4, -0.2) is 33.6 Å². The van der Waals surface area contributed by atoms with Gasteiger partial charge in [0.1, 0.15) is 28.9 Å². The van der Waals surface area contributed by atoms with Crippen molar-refractivity contribution in [1.82, 2.24) is 5.01 Å². The number of amides is 1. The highest BCUT2D eigenvalue weighted by Crippen LogP contribution is 2.30. The Morgan fingerprint density at radius 2 is 1.88 bits per heavy atom. The third-order valence-corrected chi connectivity index (χ3v) is 5.79. The standard InChI is InChI=1S/C24H18N4O3S/c1-15-7-5-6-10-19(15)30-14-21-27-28-22(25)18(23(29)26-24(28)32-21)13-17-11-12-20(31-17)16-8-3-2-4-9-16/h2-13,25H,14H2,1H3/b18-13-,25-22?. The number of thioether (sulfide) groups is 1. The molecule has 0 fully saturated rings. The van der Waals surface area contributed by atoms with Crippen molar-refractivity contribution in [2.75, 3.05) is 6.61 Å². The van der Waals surface area contributed by atoms with Crippen molar-refractivity contribution < 1.29 is 13.9 Å². The van der Waals surface area contributed by atoms with Gasteiger partial charge in [-0.1, -0.05) is 48.5 Å². The number of hydrazone groups is 1. The van der Waals surface area contributed by atoms with Crippen LogP contribution in [-0.2, 0) is 4.79 Å². The van der Waals surface area contributed by atoms with Crippen LogP contribution in [0.15, 0.2) is 86.8 Å². The van der Waals surface area contributed by atoms with Gasteiger partial charge in [-0.05, 0) is 48.5 Å². The third kappa shape index (κ3) is 3.88. The topological polar surface area (TPSA) is 91.2 Å². The first-order valence-electron chi connectivity index (χ1n) is 9.91. The Bertz CT molecular complexity index is 1310. The van der Waals surface area contributed by atoms with Gasteiger partial charge in [-0.15, -0.1) is 0 Å². The van der Waals surface area contributed by atoms with E-state index in [1.807, 2.05) is 67.6 Å². The van der Waals surface area contributed by atoms with Gasteiger partial charge in [0, 0.05) is 5.56 Å². The first-order chi connectivity index (χ1) is 15.6. The summed E-state index contributed by atoms with van der Waals surface area (Å²) < 4.78 is 11.7. The molecule has 0 spiro atoms. The van der Waals surface area contributed by atoms with Crippen molar-refractivity contribution in [2.45, 2.75) is 6.92 Å². The summed E-state index contributed by atoms with van der Waals surface area (Å²) >= 11 is 1.23. The van der Waals surface area contributed by atoms with E-state index in [0.29, 0.717) is 21.7 Å². The second-order valence-electron chi connectivity index (χ2n) is 7.14. The molecule has 1 N–H and O–H groups in total. The fourth-order valence-corrected chi connectivity index (χ4v) is 4.08. The number of amidine groups is 2. The van der Waals surface area contributed by atoms with Crippen LogP contribution in [0.4, 0.5) is 0 Å². The maximum absolute atomic E-state index is 12.6. The van der Waals surface area contributed by atoms with E-state index in [4.69, 9.17) is 14.6 Å². The van der Waals surface area contributed by atoms with Crippen molar-refractivity contribution in [1.29, 1.82) is 5.41 Å². The molecule has 8 heteroatoms. The Morgan fingerprint density at radius 1 is 1.09 bits per heavy atom. The largest absolute Gasteiger partial charge is 0.486 e. The lowest BCUT2D eigenvalue weighted by Crippen LogP contribution is -2.35. The summed E-state index contributed by atoms with van der Waals surface area (Å²) in [5.41, 5.74) is 2.07. The molecule has 3 heterocycles. The molecule has 1 aromatic heterocycles. The number of nitrogens with one attached hydrogen (secondary N) is 1. The van der Waals surface area contributed by atoms with Crippen LogP contribution >= 0.6 is 11.8 Å². The number of ether oxygens (including phenoxy) is 1. The smallest absolute Gasteiger partial charge is 0.283 e. The summed E-state index contributed by atoms with van der Waals surface area (Å²) in [5.74, 6) is 1.37. The van der Waals surface area contributed by atoms with Gasteiger partial charge in [0.25, 0.3) is 5.91 Å². The van der Waals surface area contributed by atoms with E-state index in [0.717, 1.165) is 16.9 Å². The Kier molecular flexibility index (Phi) is 5.20. The van der Waals surface area contributed by atoms with Gasteiger partial charge in [0.2, 0.25) is 5.17 Å². The molecular formula is C24H18N4O3S. The minimum absolute atomic E-state index is 0.0453. The summed E-state index contributed by atoms with van der Waals surface area (Å²) in [4.78, 5) is 16.7. The van der Waals surface area contributed by atoms with Crippen molar-refractivity contribution in [2.24, 2.45) is 10.1 Å². The molecular weight excluding hydrogens is 424 g/mol. The van der Waals surface area contributed by atoms with Gasteiger partial charge in [0.05, 0.1) is 5.57 Å².